The maximum atomic E-state index is 13.2. The lowest BCUT2D eigenvalue weighted by Crippen LogP contribution is -2.54. The van der Waals surface area contributed by atoms with Crippen LogP contribution in [0.15, 0.2) is 48.5 Å². The summed E-state index contributed by atoms with van der Waals surface area (Å²) in [6.07, 6.45) is 2.03. The van der Waals surface area contributed by atoms with Crippen LogP contribution in [-0.4, -0.2) is 71.1 Å². The van der Waals surface area contributed by atoms with Gasteiger partial charge in [0.2, 0.25) is 5.91 Å². The molecule has 0 bridgehead atoms. The number of ether oxygens (including phenoxy) is 1. The maximum Gasteiger partial charge on any atom is 0.227 e. The molecule has 2 atom stereocenters. The van der Waals surface area contributed by atoms with Gasteiger partial charge in [-0.1, -0.05) is 24.3 Å². The number of methoxy groups -OCH3 is 1. The van der Waals surface area contributed by atoms with Crippen molar-refractivity contribution in [1.82, 2.24) is 24.7 Å². The van der Waals surface area contributed by atoms with Gasteiger partial charge in [-0.15, -0.1) is 0 Å². The summed E-state index contributed by atoms with van der Waals surface area (Å²) in [5.74, 6) is 2.33. The molecular formula is C27H35N5O2. The van der Waals surface area contributed by atoms with Crippen molar-refractivity contribution < 1.29 is 9.53 Å². The molecule has 2 aliphatic heterocycles. The molecule has 1 amide bonds. The number of nitrogens with zero attached hydrogens (tertiary/aromatic N) is 4. The summed E-state index contributed by atoms with van der Waals surface area (Å²) in [6, 6.07) is 16.9. The van der Waals surface area contributed by atoms with E-state index in [1.54, 1.807) is 7.11 Å². The summed E-state index contributed by atoms with van der Waals surface area (Å²) in [6.45, 7) is 8.00. The Bertz CT molecular complexity index is 1130. The number of amides is 1. The number of nitrogens with one attached hydrogen (secondary N) is 1. The molecule has 0 aliphatic carbocycles. The second-order valence-corrected chi connectivity index (χ2v) is 9.66. The third-order valence-corrected chi connectivity index (χ3v) is 7.13. The summed E-state index contributed by atoms with van der Waals surface area (Å²) in [5.41, 5.74) is 3.38. The molecule has 180 valence electrons. The van der Waals surface area contributed by atoms with Crippen LogP contribution in [-0.2, 0) is 17.9 Å². The normalized spacial score (nSPS) is 21.6. The number of hydrogen-bond acceptors (Lipinski definition) is 5. The van der Waals surface area contributed by atoms with Crippen LogP contribution in [0, 0.1) is 5.92 Å². The van der Waals surface area contributed by atoms with Crippen molar-refractivity contribution >= 4 is 16.9 Å². The smallest absolute Gasteiger partial charge is 0.227 e. The average Bonchev–Trinajstić information content (AvgIpc) is 3.21. The highest BCUT2D eigenvalue weighted by Crippen LogP contribution is 2.24. The number of likely N-dealkylation sites (tertiary alicyclic amines) is 1. The predicted molar refractivity (Wildman–Crippen MR) is 134 cm³/mol. The number of rotatable bonds is 6. The predicted octanol–water partition coefficient (Wildman–Crippen LogP) is 3.13. The van der Waals surface area contributed by atoms with E-state index >= 15 is 0 Å². The number of para-hydroxylation sites is 2. The molecule has 2 saturated heterocycles. The van der Waals surface area contributed by atoms with Gasteiger partial charge < -0.3 is 19.5 Å². The number of aromatic nitrogens is 2. The SMILES string of the molecule is COc1ccc(Cn2c(CN3CCC[C@@H](C(=O)N4CCN[C@H](C)C4)C3)nc3ccccc32)cc1. The van der Waals surface area contributed by atoms with Crippen molar-refractivity contribution in [1.29, 1.82) is 0 Å². The van der Waals surface area contributed by atoms with Gasteiger partial charge in [-0.2, -0.15) is 0 Å². The Morgan fingerprint density at radius 2 is 1.91 bits per heavy atom. The summed E-state index contributed by atoms with van der Waals surface area (Å²) in [7, 11) is 1.69. The monoisotopic (exact) mass is 461 g/mol. The minimum Gasteiger partial charge on any atom is -0.497 e. The molecule has 2 aliphatic rings. The number of imidazole rings is 1. The zero-order chi connectivity index (χ0) is 23.5. The van der Waals surface area contributed by atoms with E-state index in [0.29, 0.717) is 11.9 Å². The molecule has 7 nitrogen and oxygen atoms in total. The van der Waals surface area contributed by atoms with E-state index in [1.807, 2.05) is 18.2 Å². The largest absolute Gasteiger partial charge is 0.497 e. The number of hydrogen-bond donors (Lipinski definition) is 1. The molecule has 0 radical (unpaired) electrons. The number of carbonyl (C=O) groups excluding carboxylic acids is 1. The first-order chi connectivity index (χ1) is 16.6. The van der Waals surface area contributed by atoms with Crippen molar-refractivity contribution in [2.45, 2.75) is 38.9 Å². The minimum absolute atomic E-state index is 0.0819. The average molecular weight is 462 g/mol. The van der Waals surface area contributed by atoms with Gasteiger partial charge in [0.05, 0.1) is 30.6 Å². The molecule has 0 unspecified atom stereocenters. The standard InChI is InChI=1S/C27H35N5O2/c1-20-16-31(15-13-28-20)27(33)22-6-5-14-30(18-22)19-26-29-24-7-3-4-8-25(24)32(26)17-21-9-11-23(34-2)12-10-21/h3-4,7-12,20,22,28H,5-6,13-19H2,1-2H3/t20-,22-/m1/s1. The molecule has 0 saturated carbocycles. The Hall–Kier alpha value is -2.90. The Kier molecular flexibility index (Phi) is 6.83. The lowest BCUT2D eigenvalue weighted by atomic mass is 9.96. The molecule has 5 rings (SSSR count). The van der Waals surface area contributed by atoms with E-state index in [4.69, 9.17) is 9.72 Å². The van der Waals surface area contributed by atoms with E-state index in [-0.39, 0.29) is 5.92 Å². The van der Waals surface area contributed by atoms with Gasteiger partial charge in [0, 0.05) is 38.8 Å². The van der Waals surface area contributed by atoms with E-state index in [1.165, 1.54) is 5.56 Å². The Balaban J connectivity index is 1.33. The van der Waals surface area contributed by atoms with Gasteiger partial charge in [-0.25, -0.2) is 4.98 Å². The van der Waals surface area contributed by atoms with Crippen LogP contribution in [0.1, 0.15) is 31.2 Å². The fourth-order valence-electron chi connectivity index (χ4n) is 5.33. The number of fused-ring (bicyclic) bond motifs is 1. The van der Waals surface area contributed by atoms with Gasteiger partial charge in [0.15, 0.2) is 0 Å². The molecule has 3 aromatic rings. The molecule has 1 aromatic heterocycles. The molecular weight excluding hydrogens is 426 g/mol. The second-order valence-electron chi connectivity index (χ2n) is 9.66. The molecule has 1 N–H and O–H groups in total. The van der Waals surface area contributed by atoms with Gasteiger partial charge in [0.25, 0.3) is 0 Å². The van der Waals surface area contributed by atoms with E-state index in [0.717, 1.165) is 81.3 Å². The quantitative estimate of drug-likeness (QED) is 0.611. The summed E-state index contributed by atoms with van der Waals surface area (Å²) in [5, 5.41) is 3.43. The van der Waals surface area contributed by atoms with Crippen LogP contribution < -0.4 is 10.1 Å². The van der Waals surface area contributed by atoms with Gasteiger partial charge in [-0.3, -0.25) is 9.69 Å². The zero-order valence-electron chi connectivity index (χ0n) is 20.2. The fraction of sp³-hybridized carbons (Fsp3) is 0.481. The molecule has 0 spiro atoms. The first-order valence-electron chi connectivity index (χ1n) is 12.4. The van der Waals surface area contributed by atoms with Crippen molar-refractivity contribution in [3.05, 3.63) is 59.9 Å². The van der Waals surface area contributed by atoms with E-state index in [9.17, 15) is 4.79 Å². The van der Waals surface area contributed by atoms with Gasteiger partial charge in [0.1, 0.15) is 11.6 Å². The molecule has 2 fully saturated rings. The fourth-order valence-corrected chi connectivity index (χ4v) is 5.33. The topological polar surface area (TPSA) is 62.6 Å². The van der Waals surface area contributed by atoms with Crippen LogP contribution in [0.4, 0.5) is 0 Å². The molecule has 7 heteroatoms. The number of carbonyl (C=O) groups is 1. The zero-order valence-corrected chi connectivity index (χ0v) is 20.2. The third kappa shape index (κ3) is 4.95. The summed E-state index contributed by atoms with van der Waals surface area (Å²) >= 11 is 0. The highest BCUT2D eigenvalue weighted by atomic mass is 16.5. The van der Waals surface area contributed by atoms with Crippen LogP contribution >= 0.6 is 0 Å². The highest BCUT2D eigenvalue weighted by Gasteiger charge is 2.31. The molecule has 34 heavy (non-hydrogen) atoms. The minimum atomic E-state index is 0.0819. The van der Waals surface area contributed by atoms with Gasteiger partial charge in [-0.05, 0) is 56.1 Å². The molecule has 2 aromatic carbocycles. The van der Waals surface area contributed by atoms with Crippen LogP contribution in [0.2, 0.25) is 0 Å². The summed E-state index contributed by atoms with van der Waals surface area (Å²) < 4.78 is 7.64. The van der Waals surface area contributed by atoms with Crippen LogP contribution in [0.5, 0.6) is 5.75 Å². The van der Waals surface area contributed by atoms with E-state index < -0.39 is 0 Å². The van der Waals surface area contributed by atoms with Crippen molar-refractivity contribution in [3.63, 3.8) is 0 Å². The lowest BCUT2D eigenvalue weighted by molar-refractivity contribution is -0.138. The van der Waals surface area contributed by atoms with Crippen molar-refractivity contribution in [2.24, 2.45) is 5.92 Å². The van der Waals surface area contributed by atoms with Crippen molar-refractivity contribution in [3.8, 4) is 5.75 Å². The Morgan fingerprint density at radius 3 is 2.71 bits per heavy atom. The third-order valence-electron chi connectivity index (χ3n) is 7.13. The van der Waals surface area contributed by atoms with Crippen LogP contribution in [0.25, 0.3) is 11.0 Å². The number of piperazine rings is 1. The van der Waals surface area contributed by atoms with Gasteiger partial charge >= 0.3 is 0 Å². The van der Waals surface area contributed by atoms with Crippen LogP contribution in [0.3, 0.4) is 0 Å². The number of benzene rings is 2. The van der Waals surface area contributed by atoms with Crippen molar-refractivity contribution in [2.75, 3.05) is 39.8 Å². The lowest BCUT2D eigenvalue weighted by Gasteiger charge is -2.38. The second kappa shape index (κ2) is 10.2. The Labute approximate surface area is 201 Å². The first-order valence-corrected chi connectivity index (χ1v) is 12.4. The highest BCUT2D eigenvalue weighted by molar-refractivity contribution is 5.79. The maximum absolute atomic E-state index is 13.2. The molecule has 3 heterocycles. The first kappa shape index (κ1) is 22.9. The number of piperidine rings is 1. The Morgan fingerprint density at radius 1 is 1.09 bits per heavy atom. The summed E-state index contributed by atoms with van der Waals surface area (Å²) in [4.78, 5) is 22.7. The van der Waals surface area contributed by atoms with E-state index in [2.05, 4.69) is 56.9 Å².